The van der Waals surface area contributed by atoms with Gasteiger partial charge in [-0.3, -0.25) is 4.79 Å². The van der Waals surface area contributed by atoms with Crippen molar-refractivity contribution in [1.82, 2.24) is 0 Å². The van der Waals surface area contributed by atoms with Gasteiger partial charge in [0, 0.05) is 12.1 Å². The second-order valence-corrected chi connectivity index (χ2v) is 6.27. The van der Waals surface area contributed by atoms with Gasteiger partial charge in [0.05, 0.1) is 6.61 Å². The maximum absolute atomic E-state index is 12.1. The highest BCUT2D eigenvalue weighted by Crippen LogP contribution is 2.22. The van der Waals surface area contributed by atoms with Crippen LogP contribution < -0.4 is 10.1 Å². The van der Waals surface area contributed by atoms with E-state index in [1.165, 1.54) is 11.1 Å². The first-order chi connectivity index (χ1) is 11.5. The van der Waals surface area contributed by atoms with Crippen LogP contribution in [0, 0.1) is 20.8 Å². The van der Waals surface area contributed by atoms with Gasteiger partial charge < -0.3 is 10.1 Å². The summed E-state index contributed by atoms with van der Waals surface area (Å²) in [6.45, 7) is 8.80. The third kappa shape index (κ3) is 5.12. The van der Waals surface area contributed by atoms with Crippen LogP contribution in [0.4, 0.5) is 5.69 Å². The molecule has 2 aromatic carbocycles. The Balaban J connectivity index is 1.77. The molecule has 2 rings (SSSR count). The van der Waals surface area contributed by atoms with Crippen LogP contribution in [-0.2, 0) is 11.2 Å². The average molecular weight is 325 g/mol. The van der Waals surface area contributed by atoms with Gasteiger partial charge >= 0.3 is 0 Å². The van der Waals surface area contributed by atoms with Gasteiger partial charge in [-0.05, 0) is 62.4 Å². The Kier molecular flexibility index (Phi) is 6.42. The maximum Gasteiger partial charge on any atom is 0.224 e. The van der Waals surface area contributed by atoms with Crippen molar-refractivity contribution in [2.75, 3.05) is 11.9 Å². The topological polar surface area (TPSA) is 38.3 Å². The Hall–Kier alpha value is -2.29. The van der Waals surface area contributed by atoms with Gasteiger partial charge in [-0.25, -0.2) is 0 Å². The molecule has 0 heterocycles. The van der Waals surface area contributed by atoms with Crippen molar-refractivity contribution < 1.29 is 9.53 Å². The van der Waals surface area contributed by atoms with Crippen molar-refractivity contribution in [3.63, 3.8) is 0 Å². The molecule has 2 aromatic rings. The minimum absolute atomic E-state index is 0.0370. The van der Waals surface area contributed by atoms with Gasteiger partial charge in [0.15, 0.2) is 0 Å². The fourth-order valence-electron chi connectivity index (χ4n) is 2.82. The highest BCUT2D eigenvalue weighted by atomic mass is 16.5. The lowest BCUT2D eigenvalue weighted by atomic mass is 10.0. The van der Waals surface area contributed by atoms with Crippen LogP contribution in [0.15, 0.2) is 36.4 Å². The number of amides is 1. The number of hydrogen-bond acceptors (Lipinski definition) is 2. The van der Waals surface area contributed by atoms with Crippen molar-refractivity contribution in [1.29, 1.82) is 0 Å². The van der Waals surface area contributed by atoms with Crippen LogP contribution in [-0.4, -0.2) is 12.5 Å². The molecule has 0 aromatic heterocycles. The van der Waals surface area contributed by atoms with Gasteiger partial charge in [0.2, 0.25) is 5.91 Å². The van der Waals surface area contributed by atoms with E-state index in [9.17, 15) is 4.79 Å². The van der Waals surface area contributed by atoms with Gasteiger partial charge in [0.1, 0.15) is 5.75 Å². The lowest BCUT2D eigenvalue weighted by Gasteiger charge is -2.13. The summed E-state index contributed by atoms with van der Waals surface area (Å²) in [6.07, 6.45) is 2.18. The number of carbonyl (C=O) groups is 1. The molecule has 0 unspecified atom stereocenters. The average Bonchev–Trinajstić information content (AvgIpc) is 2.55. The van der Waals surface area contributed by atoms with E-state index in [2.05, 4.69) is 43.4 Å². The molecule has 0 aliphatic heterocycles. The van der Waals surface area contributed by atoms with E-state index in [4.69, 9.17) is 4.74 Å². The number of anilines is 1. The summed E-state index contributed by atoms with van der Waals surface area (Å²) < 4.78 is 5.69. The van der Waals surface area contributed by atoms with Crippen LogP contribution in [0.5, 0.6) is 5.75 Å². The molecule has 1 N–H and O–H groups in total. The van der Waals surface area contributed by atoms with Gasteiger partial charge in [0.25, 0.3) is 0 Å². The molecule has 0 fully saturated rings. The summed E-state index contributed by atoms with van der Waals surface area (Å²) in [4.78, 5) is 12.1. The maximum atomic E-state index is 12.1. The van der Waals surface area contributed by atoms with Crippen LogP contribution in [0.1, 0.15) is 42.0 Å². The highest BCUT2D eigenvalue weighted by molar-refractivity contribution is 5.92. The first-order valence-corrected chi connectivity index (χ1v) is 8.59. The number of aryl methyl sites for hydroxylation is 4. The van der Waals surface area contributed by atoms with E-state index in [-0.39, 0.29) is 5.91 Å². The van der Waals surface area contributed by atoms with Crippen molar-refractivity contribution in [3.05, 3.63) is 58.7 Å². The summed E-state index contributed by atoms with van der Waals surface area (Å²) in [7, 11) is 0. The zero-order chi connectivity index (χ0) is 17.5. The van der Waals surface area contributed by atoms with Crippen LogP contribution in [0.25, 0.3) is 0 Å². The first kappa shape index (κ1) is 18.1. The number of rotatable bonds is 7. The summed E-state index contributed by atoms with van der Waals surface area (Å²) in [5.74, 6) is 0.896. The zero-order valence-electron chi connectivity index (χ0n) is 15.1. The van der Waals surface area contributed by atoms with Crippen molar-refractivity contribution in [3.8, 4) is 5.75 Å². The fraction of sp³-hybridized carbons (Fsp3) is 0.381. The number of hydrogen-bond donors (Lipinski definition) is 1. The smallest absolute Gasteiger partial charge is 0.224 e. The lowest BCUT2D eigenvalue weighted by molar-refractivity contribution is -0.116. The van der Waals surface area contributed by atoms with E-state index < -0.39 is 0 Å². The Morgan fingerprint density at radius 1 is 1.04 bits per heavy atom. The quantitative estimate of drug-likeness (QED) is 0.730. The van der Waals surface area contributed by atoms with Crippen LogP contribution >= 0.6 is 0 Å². The Morgan fingerprint density at radius 3 is 2.25 bits per heavy atom. The lowest BCUT2D eigenvalue weighted by Crippen LogP contribution is -2.14. The molecular formula is C21H27NO2. The minimum Gasteiger partial charge on any atom is -0.494 e. The third-order valence-electron chi connectivity index (χ3n) is 4.09. The predicted molar refractivity (Wildman–Crippen MR) is 99.8 cm³/mol. The molecule has 0 atom stereocenters. The van der Waals surface area contributed by atoms with Gasteiger partial charge in [-0.1, -0.05) is 36.8 Å². The van der Waals surface area contributed by atoms with E-state index >= 15 is 0 Å². The van der Waals surface area contributed by atoms with Crippen LogP contribution in [0.2, 0.25) is 0 Å². The Morgan fingerprint density at radius 2 is 1.67 bits per heavy atom. The second kappa shape index (κ2) is 8.53. The monoisotopic (exact) mass is 325 g/mol. The molecule has 24 heavy (non-hydrogen) atoms. The molecule has 3 heteroatoms. The normalized spacial score (nSPS) is 10.5. The van der Waals surface area contributed by atoms with Crippen molar-refractivity contribution in [2.24, 2.45) is 0 Å². The molecule has 0 saturated heterocycles. The molecule has 0 aliphatic carbocycles. The van der Waals surface area contributed by atoms with E-state index in [1.54, 1.807) is 0 Å². The molecular weight excluding hydrogens is 298 g/mol. The fourth-order valence-corrected chi connectivity index (χ4v) is 2.82. The third-order valence-corrected chi connectivity index (χ3v) is 4.09. The number of ether oxygens (including phenoxy) is 1. The molecule has 0 radical (unpaired) electrons. The summed E-state index contributed by atoms with van der Waals surface area (Å²) >= 11 is 0. The Bertz CT molecular complexity index is 666. The number of benzene rings is 2. The molecule has 0 bridgehead atoms. The molecule has 0 spiro atoms. The van der Waals surface area contributed by atoms with Gasteiger partial charge in [-0.2, -0.15) is 0 Å². The van der Waals surface area contributed by atoms with E-state index in [0.29, 0.717) is 19.4 Å². The minimum atomic E-state index is 0.0370. The first-order valence-electron chi connectivity index (χ1n) is 8.59. The number of carbonyl (C=O) groups excluding carboxylic acids is 1. The van der Waals surface area contributed by atoms with Crippen molar-refractivity contribution in [2.45, 2.75) is 47.0 Å². The Labute approximate surface area is 145 Å². The molecule has 128 valence electrons. The highest BCUT2D eigenvalue weighted by Gasteiger charge is 2.08. The molecule has 0 aliphatic rings. The van der Waals surface area contributed by atoms with E-state index in [0.717, 1.165) is 29.0 Å². The second-order valence-electron chi connectivity index (χ2n) is 6.27. The standard InChI is InChI=1S/C21H27NO2/c1-5-18-8-10-19(11-9-18)24-12-6-7-20(23)22-21-16(3)13-15(2)14-17(21)4/h8-11,13-14H,5-7,12H2,1-4H3,(H,22,23). The molecule has 3 nitrogen and oxygen atoms in total. The SMILES string of the molecule is CCc1ccc(OCCCC(=O)Nc2c(C)cc(C)cc2C)cc1. The zero-order valence-corrected chi connectivity index (χ0v) is 15.1. The van der Waals surface area contributed by atoms with Gasteiger partial charge in [-0.15, -0.1) is 0 Å². The molecule has 1 amide bonds. The summed E-state index contributed by atoms with van der Waals surface area (Å²) in [6, 6.07) is 12.3. The van der Waals surface area contributed by atoms with Crippen LogP contribution in [0.3, 0.4) is 0 Å². The number of nitrogens with one attached hydrogen (secondary N) is 1. The predicted octanol–water partition coefficient (Wildman–Crippen LogP) is 4.97. The molecule has 0 saturated carbocycles. The van der Waals surface area contributed by atoms with E-state index in [1.807, 2.05) is 26.0 Å². The summed E-state index contributed by atoms with van der Waals surface area (Å²) in [5, 5.41) is 3.02. The summed E-state index contributed by atoms with van der Waals surface area (Å²) in [5.41, 5.74) is 5.65. The van der Waals surface area contributed by atoms with Crippen molar-refractivity contribution >= 4 is 11.6 Å². The largest absolute Gasteiger partial charge is 0.494 e.